The molecule has 0 spiro atoms. The number of anilines is 1. The van der Waals surface area contributed by atoms with Crippen LogP contribution in [-0.4, -0.2) is 39.2 Å². The van der Waals surface area contributed by atoms with E-state index >= 15 is 0 Å². The van der Waals surface area contributed by atoms with Gasteiger partial charge in [-0.05, 0) is 44.1 Å². The minimum atomic E-state index is -4.80. The number of fused-ring (bicyclic) bond motifs is 1. The number of nitrogens with two attached hydrogens (primary N) is 1. The Labute approximate surface area is 185 Å². The second kappa shape index (κ2) is 8.06. The number of benzene rings is 1. The number of aromatic nitrogens is 4. The van der Waals surface area contributed by atoms with Gasteiger partial charge < -0.3 is 15.8 Å². The lowest BCUT2D eigenvalue weighted by atomic mass is 10.1. The van der Waals surface area contributed by atoms with Crippen LogP contribution in [0.4, 0.5) is 19.0 Å². The third-order valence-corrected chi connectivity index (χ3v) is 6.43. The summed E-state index contributed by atoms with van der Waals surface area (Å²) in [6, 6.07) is 6.62. The molecule has 32 heavy (non-hydrogen) atoms. The Morgan fingerprint density at radius 2 is 1.97 bits per heavy atom. The Hall–Kier alpha value is -3.18. The van der Waals surface area contributed by atoms with E-state index in [0.717, 1.165) is 37.1 Å². The van der Waals surface area contributed by atoms with Crippen molar-refractivity contribution in [3.05, 3.63) is 42.9 Å². The first-order valence-corrected chi connectivity index (χ1v) is 10.9. The number of hydrogen-bond acceptors (Lipinski definition) is 7. The zero-order valence-corrected chi connectivity index (χ0v) is 17.6. The van der Waals surface area contributed by atoms with Gasteiger partial charge in [-0.2, -0.15) is 5.10 Å². The summed E-state index contributed by atoms with van der Waals surface area (Å²) in [5, 5.41) is 8.32. The van der Waals surface area contributed by atoms with Crippen molar-refractivity contribution in [1.82, 2.24) is 25.1 Å². The molecule has 0 amide bonds. The fourth-order valence-electron chi connectivity index (χ4n) is 3.81. The lowest BCUT2D eigenvalue weighted by molar-refractivity contribution is -0.274. The monoisotopic (exact) mass is 460 g/mol. The number of nitrogens with zero attached hydrogens (tertiary/aromatic N) is 4. The van der Waals surface area contributed by atoms with Crippen molar-refractivity contribution in [2.45, 2.75) is 25.2 Å². The number of hydrogen-bond donors (Lipinski definition) is 2. The van der Waals surface area contributed by atoms with E-state index in [-0.39, 0.29) is 17.1 Å². The van der Waals surface area contributed by atoms with Crippen molar-refractivity contribution in [1.29, 1.82) is 0 Å². The van der Waals surface area contributed by atoms with Crippen LogP contribution in [0.2, 0.25) is 0 Å². The molecule has 4 aromatic rings. The number of pyridine rings is 1. The lowest BCUT2D eigenvalue weighted by Gasteiger charge is -2.22. The predicted molar refractivity (Wildman–Crippen MR) is 116 cm³/mol. The van der Waals surface area contributed by atoms with Crippen LogP contribution in [0.25, 0.3) is 31.9 Å². The number of nitrogens with one attached hydrogen (secondary N) is 1. The van der Waals surface area contributed by atoms with Crippen molar-refractivity contribution >= 4 is 27.4 Å². The van der Waals surface area contributed by atoms with E-state index < -0.39 is 6.36 Å². The molecule has 0 bridgehead atoms. The summed E-state index contributed by atoms with van der Waals surface area (Å²) < 4.78 is 44.9. The molecule has 0 radical (unpaired) electrons. The number of rotatable bonds is 4. The first-order valence-electron chi connectivity index (χ1n) is 10.0. The molecule has 1 fully saturated rings. The molecule has 5 rings (SSSR count). The summed E-state index contributed by atoms with van der Waals surface area (Å²) in [5.74, 6) is -0.0970. The van der Waals surface area contributed by atoms with Gasteiger partial charge in [0.2, 0.25) is 0 Å². The van der Waals surface area contributed by atoms with Gasteiger partial charge in [-0.15, -0.1) is 24.5 Å². The third-order valence-electron chi connectivity index (χ3n) is 5.37. The third kappa shape index (κ3) is 4.13. The Morgan fingerprint density at radius 1 is 1.16 bits per heavy atom. The van der Waals surface area contributed by atoms with Crippen LogP contribution in [-0.2, 0) is 0 Å². The summed E-state index contributed by atoms with van der Waals surface area (Å²) in [5.41, 5.74) is 8.48. The molecule has 0 aliphatic carbocycles. The largest absolute Gasteiger partial charge is 0.573 e. The SMILES string of the molecule is Nc1ncc(-c2cnn(C3CCNCC3)c2)cc1-c1nc2c(OC(F)(F)F)cccc2s1. The molecule has 11 heteroatoms. The molecule has 3 aromatic heterocycles. The van der Waals surface area contributed by atoms with E-state index in [1.165, 1.54) is 23.5 Å². The highest BCUT2D eigenvalue weighted by Gasteiger charge is 2.32. The molecule has 1 aliphatic heterocycles. The van der Waals surface area contributed by atoms with Crippen LogP contribution >= 0.6 is 11.3 Å². The summed E-state index contributed by atoms with van der Waals surface area (Å²) in [4.78, 5) is 8.68. The van der Waals surface area contributed by atoms with Crippen LogP contribution in [0.15, 0.2) is 42.9 Å². The number of nitrogen functional groups attached to an aromatic ring is 1. The van der Waals surface area contributed by atoms with Crippen molar-refractivity contribution in [3.8, 4) is 27.4 Å². The van der Waals surface area contributed by atoms with Crippen molar-refractivity contribution in [2.24, 2.45) is 0 Å². The highest BCUT2D eigenvalue weighted by molar-refractivity contribution is 7.21. The molecule has 166 valence electrons. The first-order chi connectivity index (χ1) is 15.4. The molecular formula is C21H19F3N6OS. The van der Waals surface area contributed by atoms with E-state index in [0.29, 0.717) is 21.3 Å². The number of para-hydroxylation sites is 1. The van der Waals surface area contributed by atoms with Crippen LogP contribution in [0.1, 0.15) is 18.9 Å². The van der Waals surface area contributed by atoms with Gasteiger partial charge >= 0.3 is 6.36 Å². The van der Waals surface area contributed by atoms with Crippen LogP contribution in [0.5, 0.6) is 5.75 Å². The highest BCUT2D eigenvalue weighted by atomic mass is 32.1. The van der Waals surface area contributed by atoms with Crippen molar-refractivity contribution in [3.63, 3.8) is 0 Å². The highest BCUT2D eigenvalue weighted by Crippen LogP contribution is 2.39. The number of halogens is 3. The minimum Gasteiger partial charge on any atom is -0.403 e. The van der Waals surface area contributed by atoms with Gasteiger partial charge in [0.25, 0.3) is 0 Å². The standard InChI is InChI=1S/C21H19F3N6OS/c22-21(23,24)31-16-2-1-3-17-18(16)29-20(32-17)15-8-12(9-27-19(15)25)13-10-28-30(11-13)14-4-6-26-7-5-14/h1-3,8-11,14,26H,4-7H2,(H2,25,27). The van der Waals surface area contributed by atoms with Crippen LogP contribution < -0.4 is 15.8 Å². The van der Waals surface area contributed by atoms with E-state index in [1.54, 1.807) is 18.5 Å². The van der Waals surface area contributed by atoms with Gasteiger partial charge in [-0.3, -0.25) is 4.68 Å². The molecule has 4 heterocycles. The molecule has 0 unspecified atom stereocenters. The Kier molecular flexibility index (Phi) is 5.22. The summed E-state index contributed by atoms with van der Waals surface area (Å²) >= 11 is 1.23. The quantitative estimate of drug-likeness (QED) is 0.462. The maximum absolute atomic E-state index is 12.8. The average Bonchev–Trinajstić information content (AvgIpc) is 3.42. The maximum atomic E-state index is 12.8. The number of piperidine rings is 1. The first kappa shape index (κ1) is 20.7. The summed E-state index contributed by atoms with van der Waals surface area (Å²) in [6.45, 7) is 1.93. The summed E-state index contributed by atoms with van der Waals surface area (Å²) in [7, 11) is 0. The van der Waals surface area contributed by atoms with E-state index in [1.807, 2.05) is 16.9 Å². The van der Waals surface area contributed by atoms with Gasteiger partial charge in [0.05, 0.1) is 22.5 Å². The van der Waals surface area contributed by atoms with Gasteiger partial charge in [0.15, 0.2) is 5.75 Å². The predicted octanol–water partition coefficient (Wildman–Crippen LogP) is 4.63. The second-order valence-electron chi connectivity index (χ2n) is 7.52. The normalized spacial score (nSPS) is 15.3. The number of ether oxygens (including phenoxy) is 1. The minimum absolute atomic E-state index is 0.133. The van der Waals surface area contributed by atoms with E-state index in [9.17, 15) is 13.2 Å². The lowest BCUT2D eigenvalue weighted by Crippen LogP contribution is -2.29. The zero-order valence-electron chi connectivity index (χ0n) is 16.8. The Balaban J connectivity index is 1.50. The molecule has 7 nitrogen and oxygen atoms in total. The second-order valence-corrected chi connectivity index (χ2v) is 8.55. The van der Waals surface area contributed by atoms with E-state index in [4.69, 9.17) is 5.73 Å². The fourth-order valence-corrected chi connectivity index (χ4v) is 4.82. The zero-order chi connectivity index (χ0) is 22.3. The molecule has 1 saturated heterocycles. The topological polar surface area (TPSA) is 90.9 Å². The Bertz CT molecular complexity index is 1260. The molecule has 1 aromatic carbocycles. The van der Waals surface area contributed by atoms with Crippen molar-refractivity contribution in [2.75, 3.05) is 18.8 Å². The molecule has 0 atom stereocenters. The van der Waals surface area contributed by atoms with E-state index in [2.05, 4.69) is 25.1 Å². The smallest absolute Gasteiger partial charge is 0.403 e. The molecule has 0 saturated carbocycles. The fraction of sp³-hybridized carbons (Fsp3) is 0.286. The van der Waals surface area contributed by atoms with Gasteiger partial charge in [0, 0.05) is 23.5 Å². The average molecular weight is 460 g/mol. The summed E-state index contributed by atoms with van der Waals surface area (Å²) in [6.07, 6.45) is 2.66. The van der Waals surface area contributed by atoms with Gasteiger partial charge in [-0.25, -0.2) is 9.97 Å². The molecule has 1 aliphatic rings. The molecule has 3 N–H and O–H groups in total. The van der Waals surface area contributed by atoms with Crippen LogP contribution in [0.3, 0.4) is 0 Å². The van der Waals surface area contributed by atoms with Crippen LogP contribution in [0, 0.1) is 0 Å². The number of thiazole rings is 1. The van der Waals surface area contributed by atoms with Crippen molar-refractivity contribution < 1.29 is 17.9 Å². The Morgan fingerprint density at radius 3 is 2.75 bits per heavy atom. The van der Waals surface area contributed by atoms with Gasteiger partial charge in [-0.1, -0.05) is 6.07 Å². The maximum Gasteiger partial charge on any atom is 0.573 e. The number of alkyl halides is 3. The van der Waals surface area contributed by atoms with Gasteiger partial charge in [0.1, 0.15) is 16.3 Å². The molecular weight excluding hydrogens is 441 g/mol.